The fourth-order valence-corrected chi connectivity index (χ4v) is 5.19. The lowest BCUT2D eigenvalue weighted by atomic mass is 10.1. The van der Waals surface area contributed by atoms with Gasteiger partial charge in [-0.1, -0.05) is 47.0 Å². The normalized spacial score (nSPS) is 16.7. The van der Waals surface area contributed by atoms with E-state index in [1.165, 1.54) is 16.4 Å². The number of amides is 1. The maximum Gasteiger partial charge on any atom is 0.257 e. The molecule has 28 heavy (non-hydrogen) atoms. The Labute approximate surface area is 180 Å². The van der Waals surface area contributed by atoms with Crippen molar-refractivity contribution in [2.45, 2.75) is 13.3 Å². The van der Waals surface area contributed by atoms with Crippen LogP contribution in [0.25, 0.3) is 5.57 Å². The molecule has 3 N–H and O–H groups in total. The van der Waals surface area contributed by atoms with Crippen LogP contribution < -0.4 is 9.62 Å². The summed E-state index contributed by atoms with van der Waals surface area (Å²) in [4.78, 5) is 12.9. The van der Waals surface area contributed by atoms with E-state index in [0.717, 1.165) is 11.1 Å². The van der Waals surface area contributed by atoms with Crippen LogP contribution >= 0.6 is 45.6 Å². The average Bonchev–Trinajstić information content (AvgIpc) is 2.95. The van der Waals surface area contributed by atoms with E-state index >= 15 is 0 Å². The molecule has 0 bridgehead atoms. The molecule has 2 aromatic carbocycles. The number of hydrogen-bond acceptors (Lipinski definition) is 4. The van der Waals surface area contributed by atoms with E-state index in [4.69, 9.17) is 34.8 Å². The van der Waals surface area contributed by atoms with Gasteiger partial charge in [0.05, 0.1) is 27.0 Å². The highest BCUT2D eigenvalue weighted by Crippen LogP contribution is 2.52. The van der Waals surface area contributed by atoms with Gasteiger partial charge in [0.15, 0.2) is 0 Å². The molecule has 0 aliphatic carbocycles. The van der Waals surface area contributed by atoms with Gasteiger partial charge in [0, 0.05) is 17.3 Å². The molecule has 1 aliphatic heterocycles. The summed E-state index contributed by atoms with van der Waals surface area (Å²) in [5.41, 5.74) is 2.65. The summed E-state index contributed by atoms with van der Waals surface area (Å²) in [7, 11) is -2.92. The first-order valence-corrected chi connectivity index (χ1v) is 11.2. The van der Waals surface area contributed by atoms with E-state index in [-0.39, 0.29) is 21.4 Å². The van der Waals surface area contributed by atoms with Gasteiger partial charge >= 0.3 is 0 Å². The van der Waals surface area contributed by atoms with E-state index in [9.17, 15) is 13.9 Å². The first kappa shape index (κ1) is 21.3. The standard InChI is InChI=1S/C19H19Cl3N2O3S/c1-11(2)12-6-13(20)8-14(7-12)23-19(25)16-9-15(10-17(21)18(16)22)24-4-3-5-28(24,26)27/h6-10,26-27H,1,3-5H2,2H3,(H,23,25). The molecule has 0 aromatic heterocycles. The number of hydrogen-bond donors (Lipinski definition) is 3. The molecule has 9 heteroatoms. The molecule has 1 fully saturated rings. The highest BCUT2D eigenvalue weighted by atomic mass is 35.5. The van der Waals surface area contributed by atoms with Crippen LogP contribution in [-0.2, 0) is 0 Å². The van der Waals surface area contributed by atoms with Crippen molar-refractivity contribution >= 4 is 68.4 Å². The fraction of sp³-hybridized carbons (Fsp3) is 0.211. The maximum absolute atomic E-state index is 12.9. The molecule has 1 saturated heterocycles. The lowest BCUT2D eigenvalue weighted by Crippen LogP contribution is -2.22. The fourth-order valence-electron chi connectivity index (χ4n) is 2.95. The summed E-state index contributed by atoms with van der Waals surface area (Å²) < 4.78 is 21.9. The molecule has 0 saturated carbocycles. The maximum atomic E-state index is 12.9. The highest BCUT2D eigenvalue weighted by molar-refractivity contribution is 8.25. The second kappa shape index (κ2) is 8.14. The molecular formula is C19H19Cl3N2O3S. The third kappa shape index (κ3) is 4.43. The Bertz CT molecular complexity index is 966. The number of rotatable bonds is 4. The number of nitrogens with zero attached hydrogens (tertiary/aromatic N) is 1. The molecule has 5 nitrogen and oxygen atoms in total. The minimum atomic E-state index is -2.92. The molecule has 0 radical (unpaired) electrons. The van der Waals surface area contributed by atoms with E-state index in [0.29, 0.717) is 29.4 Å². The van der Waals surface area contributed by atoms with Crippen molar-refractivity contribution in [3.05, 3.63) is 63.1 Å². The molecule has 1 heterocycles. The van der Waals surface area contributed by atoms with Gasteiger partial charge in [-0.25, -0.2) is 0 Å². The zero-order chi connectivity index (χ0) is 20.6. The first-order valence-electron chi connectivity index (χ1n) is 8.39. The van der Waals surface area contributed by atoms with Crippen molar-refractivity contribution < 1.29 is 13.9 Å². The average molecular weight is 462 g/mol. The second-order valence-electron chi connectivity index (χ2n) is 6.54. The van der Waals surface area contributed by atoms with Crippen molar-refractivity contribution in [1.82, 2.24) is 0 Å². The number of benzene rings is 2. The van der Waals surface area contributed by atoms with Crippen molar-refractivity contribution in [2.75, 3.05) is 21.9 Å². The summed E-state index contributed by atoms with van der Waals surface area (Å²) in [5.74, 6) is -0.208. The van der Waals surface area contributed by atoms with Crippen LogP contribution in [-0.4, -0.2) is 27.3 Å². The summed E-state index contributed by atoms with van der Waals surface area (Å²) in [5, 5.41) is 3.45. The van der Waals surface area contributed by atoms with E-state index < -0.39 is 16.7 Å². The van der Waals surface area contributed by atoms with Gasteiger partial charge in [0.2, 0.25) is 0 Å². The Hall–Kier alpha value is -1.41. The zero-order valence-corrected chi connectivity index (χ0v) is 18.1. The molecule has 0 atom stereocenters. The molecule has 1 aliphatic rings. The Kier molecular flexibility index (Phi) is 6.20. The van der Waals surface area contributed by atoms with Gasteiger partial charge in [-0.2, -0.15) is 0 Å². The number of nitrogens with one attached hydrogen (secondary N) is 1. The van der Waals surface area contributed by atoms with Crippen molar-refractivity contribution in [2.24, 2.45) is 0 Å². The molecule has 3 rings (SSSR count). The van der Waals surface area contributed by atoms with E-state index in [1.54, 1.807) is 18.2 Å². The van der Waals surface area contributed by atoms with Crippen molar-refractivity contribution in [1.29, 1.82) is 0 Å². The summed E-state index contributed by atoms with van der Waals surface area (Å²) in [6.07, 6.45) is 0.635. The molecule has 0 unspecified atom stereocenters. The van der Waals surface area contributed by atoms with Crippen LogP contribution in [0.3, 0.4) is 0 Å². The smallest absolute Gasteiger partial charge is 0.257 e. The van der Waals surface area contributed by atoms with E-state index in [2.05, 4.69) is 11.9 Å². The van der Waals surface area contributed by atoms with Crippen LogP contribution in [0.5, 0.6) is 0 Å². The monoisotopic (exact) mass is 460 g/mol. The van der Waals surface area contributed by atoms with Crippen LogP contribution in [0.1, 0.15) is 29.3 Å². The zero-order valence-electron chi connectivity index (χ0n) is 15.0. The van der Waals surface area contributed by atoms with Gasteiger partial charge in [-0.05, 0) is 49.2 Å². The summed E-state index contributed by atoms with van der Waals surface area (Å²) in [6, 6.07) is 8.15. The number of anilines is 2. The van der Waals surface area contributed by atoms with Gasteiger partial charge in [0.1, 0.15) is 0 Å². The Morgan fingerprint density at radius 3 is 2.50 bits per heavy atom. The minimum Gasteiger partial charge on any atom is -0.322 e. The quantitative estimate of drug-likeness (QED) is 0.468. The predicted molar refractivity (Wildman–Crippen MR) is 120 cm³/mol. The minimum absolute atomic E-state index is 0.0840. The number of allylic oxidation sites excluding steroid dienone is 1. The van der Waals surface area contributed by atoms with Crippen LogP contribution in [0, 0.1) is 0 Å². The van der Waals surface area contributed by atoms with Gasteiger partial charge in [-0.15, -0.1) is 10.8 Å². The predicted octanol–water partition coefficient (Wildman–Crippen LogP) is 6.81. The summed E-state index contributed by atoms with van der Waals surface area (Å²) >= 11 is 18.6. The molecule has 0 spiro atoms. The van der Waals surface area contributed by atoms with Crippen molar-refractivity contribution in [3.63, 3.8) is 0 Å². The number of carbonyl (C=O) groups excluding carboxylic acids is 1. The third-order valence-electron chi connectivity index (χ3n) is 4.33. The topological polar surface area (TPSA) is 72.8 Å². The van der Waals surface area contributed by atoms with Crippen LogP contribution in [0.15, 0.2) is 36.9 Å². The Morgan fingerprint density at radius 1 is 1.18 bits per heavy atom. The molecule has 150 valence electrons. The lowest BCUT2D eigenvalue weighted by molar-refractivity contribution is 0.102. The lowest BCUT2D eigenvalue weighted by Gasteiger charge is -2.38. The third-order valence-corrected chi connectivity index (χ3v) is 7.28. The summed E-state index contributed by atoms with van der Waals surface area (Å²) in [6.45, 7) is 6.17. The van der Waals surface area contributed by atoms with Crippen LogP contribution in [0.4, 0.5) is 11.4 Å². The molecule has 1 amide bonds. The van der Waals surface area contributed by atoms with Crippen molar-refractivity contribution in [3.8, 4) is 0 Å². The molecule has 2 aromatic rings. The van der Waals surface area contributed by atoms with Gasteiger partial charge in [-0.3, -0.25) is 18.2 Å². The Balaban J connectivity index is 1.95. The number of halogens is 3. The Morgan fingerprint density at radius 2 is 1.89 bits per heavy atom. The highest BCUT2D eigenvalue weighted by Gasteiger charge is 2.30. The first-order chi connectivity index (χ1) is 13.1. The van der Waals surface area contributed by atoms with Gasteiger partial charge in [0.25, 0.3) is 5.91 Å². The van der Waals surface area contributed by atoms with Crippen LogP contribution in [0.2, 0.25) is 15.1 Å². The van der Waals surface area contributed by atoms with E-state index in [1.807, 2.05) is 6.92 Å². The largest absolute Gasteiger partial charge is 0.322 e. The number of carbonyl (C=O) groups is 1. The SMILES string of the molecule is C=C(C)c1cc(Cl)cc(NC(=O)c2cc(N3CCCS3(O)O)cc(Cl)c2Cl)c1. The second-order valence-corrected chi connectivity index (χ2v) is 9.88. The molecular weight excluding hydrogens is 443 g/mol. The van der Waals surface area contributed by atoms with Gasteiger partial charge < -0.3 is 5.32 Å².